The number of pyridine rings is 1. The number of aliphatic hydroxyl groups is 1. The number of phenolic OH excluding ortho intramolecular Hbond substituents is 1. The second kappa shape index (κ2) is 5.35. The quantitative estimate of drug-likeness (QED) is 0.776. The van der Waals surface area contributed by atoms with E-state index < -0.39 is 5.60 Å². The Balaban J connectivity index is 2.19. The van der Waals surface area contributed by atoms with E-state index in [1.807, 2.05) is 19.9 Å². The van der Waals surface area contributed by atoms with Crippen molar-refractivity contribution < 1.29 is 10.2 Å². The molecule has 5 nitrogen and oxygen atoms in total. The van der Waals surface area contributed by atoms with Crippen molar-refractivity contribution in [2.45, 2.75) is 19.4 Å². The smallest absolute Gasteiger partial charge is 0.150 e. The van der Waals surface area contributed by atoms with Crippen molar-refractivity contribution in [1.29, 1.82) is 0 Å². The molecule has 0 saturated heterocycles. The maximum absolute atomic E-state index is 11.2. The molecule has 0 aliphatic carbocycles. The topological polar surface area (TPSA) is 79.1 Å². The Bertz CT molecular complexity index is 805. The Morgan fingerprint density at radius 1 is 1.05 bits per heavy atom. The minimum atomic E-state index is -1.30. The zero-order valence-electron chi connectivity index (χ0n) is 12.4. The third-order valence-electron chi connectivity index (χ3n) is 3.87. The minimum absolute atomic E-state index is 0.121. The predicted molar refractivity (Wildman–Crippen MR) is 83.3 cm³/mol. The van der Waals surface area contributed by atoms with Crippen LogP contribution >= 0.6 is 0 Å². The molecule has 0 aliphatic rings. The van der Waals surface area contributed by atoms with Crippen LogP contribution in [0, 0.1) is 5.92 Å². The summed E-state index contributed by atoms with van der Waals surface area (Å²) in [5, 5.41) is 21.6. The van der Waals surface area contributed by atoms with Crippen LogP contribution < -0.4 is 0 Å². The maximum Gasteiger partial charge on any atom is 0.150 e. The van der Waals surface area contributed by atoms with Crippen LogP contribution in [0.25, 0.3) is 10.9 Å². The van der Waals surface area contributed by atoms with Gasteiger partial charge in [-0.25, -0.2) is 15.0 Å². The number of aromatic hydroxyl groups is 1. The summed E-state index contributed by atoms with van der Waals surface area (Å²) in [6.07, 6.45) is 3.02. The van der Waals surface area contributed by atoms with Gasteiger partial charge in [-0.05, 0) is 36.2 Å². The molecule has 0 bridgehead atoms. The number of benzene rings is 1. The summed E-state index contributed by atoms with van der Waals surface area (Å²) in [6.45, 7) is 3.84. The first kappa shape index (κ1) is 14.4. The molecule has 2 heterocycles. The highest BCUT2D eigenvalue weighted by Gasteiger charge is 2.38. The fourth-order valence-corrected chi connectivity index (χ4v) is 2.56. The number of fused-ring (bicyclic) bond motifs is 1. The second-order valence-corrected chi connectivity index (χ2v) is 5.59. The Hall–Kier alpha value is -2.53. The fraction of sp³-hybridized carbons (Fsp3) is 0.235. The van der Waals surface area contributed by atoms with Crippen molar-refractivity contribution in [3.63, 3.8) is 0 Å². The summed E-state index contributed by atoms with van der Waals surface area (Å²) >= 11 is 0. The Labute approximate surface area is 128 Å². The minimum Gasteiger partial charge on any atom is -0.508 e. The Morgan fingerprint density at radius 2 is 1.86 bits per heavy atom. The zero-order chi connectivity index (χ0) is 15.7. The molecule has 112 valence electrons. The predicted octanol–water partition coefficient (Wildman–Crippen LogP) is 2.62. The van der Waals surface area contributed by atoms with Gasteiger partial charge in [0.2, 0.25) is 0 Å². The molecule has 2 N–H and O–H groups in total. The summed E-state index contributed by atoms with van der Waals surface area (Å²) < 4.78 is 0. The molecule has 3 aromatic rings. The highest BCUT2D eigenvalue weighted by molar-refractivity contribution is 5.80. The van der Waals surface area contributed by atoms with Crippen LogP contribution in [0.4, 0.5) is 0 Å². The molecule has 22 heavy (non-hydrogen) atoms. The summed E-state index contributed by atoms with van der Waals surface area (Å²) in [7, 11) is 0. The highest BCUT2D eigenvalue weighted by atomic mass is 16.3. The third kappa shape index (κ3) is 2.29. The van der Waals surface area contributed by atoms with Gasteiger partial charge in [0, 0.05) is 11.6 Å². The van der Waals surface area contributed by atoms with Crippen molar-refractivity contribution in [3.8, 4) is 5.75 Å². The molecule has 0 spiro atoms. The average molecular weight is 295 g/mol. The number of hydrogen-bond acceptors (Lipinski definition) is 5. The fourth-order valence-electron chi connectivity index (χ4n) is 2.56. The first-order valence-electron chi connectivity index (χ1n) is 7.11. The summed E-state index contributed by atoms with van der Waals surface area (Å²) in [5.74, 6) is 0.0708. The molecular weight excluding hydrogens is 278 g/mol. The SMILES string of the molecule is CC(C)C(O)(c1ccncn1)c1ccc2cc(O)ccc2n1. The van der Waals surface area contributed by atoms with E-state index in [0.717, 1.165) is 5.39 Å². The van der Waals surface area contributed by atoms with Gasteiger partial charge in [0.25, 0.3) is 0 Å². The van der Waals surface area contributed by atoms with Gasteiger partial charge < -0.3 is 10.2 Å². The maximum atomic E-state index is 11.2. The number of rotatable bonds is 3. The van der Waals surface area contributed by atoms with Gasteiger partial charge in [0.05, 0.1) is 16.9 Å². The molecule has 2 aromatic heterocycles. The Morgan fingerprint density at radius 3 is 2.55 bits per heavy atom. The lowest BCUT2D eigenvalue weighted by Crippen LogP contribution is -2.35. The van der Waals surface area contributed by atoms with E-state index in [2.05, 4.69) is 15.0 Å². The summed E-state index contributed by atoms with van der Waals surface area (Å²) in [5.41, 5.74) is 0.459. The molecule has 0 aliphatic heterocycles. The molecule has 1 atom stereocenters. The van der Waals surface area contributed by atoms with Crippen LogP contribution in [0.5, 0.6) is 5.75 Å². The van der Waals surface area contributed by atoms with Crippen molar-refractivity contribution >= 4 is 10.9 Å². The second-order valence-electron chi connectivity index (χ2n) is 5.59. The van der Waals surface area contributed by atoms with Crippen LogP contribution in [0.15, 0.2) is 48.9 Å². The van der Waals surface area contributed by atoms with Crippen LogP contribution in [-0.2, 0) is 5.60 Å². The average Bonchev–Trinajstić information content (AvgIpc) is 2.54. The lowest BCUT2D eigenvalue weighted by atomic mass is 9.83. The van der Waals surface area contributed by atoms with E-state index in [9.17, 15) is 10.2 Å². The van der Waals surface area contributed by atoms with Crippen LogP contribution in [-0.4, -0.2) is 25.2 Å². The van der Waals surface area contributed by atoms with E-state index in [1.54, 1.807) is 36.5 Å². The number of aromatic nitrogens is 3. The monoisotopic (exact) mass is 295 g/mol. The zero-order valence-corrected chi connectivity index (χ0v) is 12.4. The number of nitrogens with zero attached hydrogens (tertiary/aromatic N) is 3. The molecule has 0 fully saturated rings. The highest BCUT2D eigenvalue weighted by Crippen LogP contribution is 2.35. The third-order valence-corrected chi connectivity index (χ3v) is 3.87. The molecule has 5 heteroatoms. The molecule has 1 unspecified atom stereocenters. The van der Waals surface area contributed by atoms with E-state index in [4.69, 9.17) is 0 Å². The van der Waals surface area contributed by atoms with Gasteiger partial charge in [-0.2, -0.15) is 0 Å². The van der Waals surface area contributed by atoms with E-state index in [-0.39, 0.29) is 11.7 Å². The first-order chi connectivity index (χ1) is 10.5. The molecule has 1 aromatic carbocycles. The lowest BCUT2D eigenvalue weighted by Gasteiger charge is -2.31. The van der Waals surface area contributed by atoms with E-state index in [0.29, 0.717) is 16.9 Å². The summed E-state index contributed by atoms with van der Waals surface area (Å²) in [4.78, 5) is 12.7. The summed E-state index contributed by atoms with van der Waals surface area (Å²) in [6, 6.07) is 10.3. The Kier molecular flexibility index (Phi) is 3.50. The first-order valence-corrected chi connectivity index (χ1v) is 7.11. The molecule has 0 saturated carbocycles. The normalized spacial score (nSPS) is 14.2. The van der Waals surface area contributed by atoms with Crippen LogP contribution in [0.1, 0.15) is 25.2 Å². The largest absolute Gasteiger partial charge is 0.508 e. The van der Waals surface area contributed by atoms with Crippen LogP contribution in [0.3, 0.4) is 0 Å². The van der Waals surface area contributed by atoms with E-state index >= 15 is 0 Å². The molecule has 0 amide bonds. The van der Waals surface area contributed by atoms with E-state index in [1.165, 1.54) is 6.33 Å². The number of phenols is 1. The van der Waals surface area contributed by atoms with Crippen molar-refractivity contribution in [2.75, 3.05) is 0 Å². The lowest BCUT2D eigenvalue weighted by molar-refractivity contribution is 0.0235. The van der Waals surface area contributed by atoms with Gasteiger partial charge >= 0.3 is 0 Å². The molecule has 0 radical (unpaired) electrons. The standard InChI is InChI=1S/C17H17N3O2/c1-11(2)17(22,15-7-8-18-10-19-15)16-6-3-12-9-13(21)4-5-14(12)20-16/h3-11,21-22H,1-2H3. The number of hydrogen-bond donors (Lipinski definition) is 2. The van der Waals surface area contributed by atoms with Crippen molar-refractivity contribution in [1.82, 2.24) is 15.0 Å². The van der Waals surface area contributed by atoms with Gasteiger partial charge in [-0.15, -0.1) is 0 Å². The van der Waals surface area contributed by atoms with Crippen LogP contribution in [0.2, 0.25) is 0 Å². The van der Waals surface area contributed by atoms with Gasteiger partial charge in [0.1, 0.15) is 12.1 Å². The molecular formula is C17H17N3O2. The van der Waals surface area contributed by atoms with Gasteiger partial charge in [0.15, 0.2) is 5.60 Å². The van der Waals surface area contributed by atoms with Gasteiger partial charge in [-0.1, -0.05) is 19.9 Å². The molecule has 3 rings (SSSR count). The van der Waals surface area contributed by atoms with Crippen molar-refractivity contribution in [2.24, 2.45) is 5.92 Å². The van der Waals surface area contributed by atoms with Crippen molar-refractivity contribution in [3.05, 3.63) is 60.3 Å². The van der Waals surface area contributed by atoms with Gasteiger partial charge in [-0.3, -0.25) is 0 Å².